The van der Waals surface area contributed by atoms with Crippen LogP contribution in [-0.2, 0) is 25.8 Å². The quantitative estimate of drug-likeness (QED) is 0.705. The van der Waals surface area contributed by atoms with Gasteiger partial charge in [0.2, 0.25) is 0 Å². The Morgan fingerprint density at radius 2 is 1.93 bits per heavy atom. The number of amides is 1. The van der Waals surface area contributed by atoms with Crippen molar-refractivity contribution < 1.29 is 9.21 Å². The zero-order chi connectivity index (χ0) is 19.1. The van der Waals surface area contributed by atoms with Gasteiger partial charge in [0.25, 0.3) is 5.91 Å². The topological polar surface area (TPSA) is 62.5 Å². The van der Waals surface area contributed by atoms with Crippen LogP contribution < -0.4 is 4.90 Å². The number of benzene rings is 1. The summed E-state index contributed by atoms with van der Waals surface area (Å²) in [7, 11) is 2.02. The Kier molecular flexibility index (Phi) is 4.11. The zero-order valence-corrected chi connectivity index (χ0v) is 15.9. The molecular formula is C22H22N4O2. The van der Waals surface area contributed by atoms with Crippen molar-refractivity contribution in [3.8, 4) is 0 Å². The monoisotopic (exact) mass is 374 g/mol. The number of aromatic nitrogens is 2. The average molecular weight is 374 g/mol. The summed E-state index contributed by atoms with van der Waals surface area (Å²) >= 11 is 0. The Balaban J connectivity index is 1.33. The van der Waals surface area contributed by atoms with E-state index in [2.05, 4.69) is 27.0 Å². The predicted octanol–water partition coefficient (Wildman–Crippen LogP) is 2.85. The molecule has 2 aromatic heterocycles. The Morgan fingerprint density at radius 1 is 1.07 bits per heavy atom. The number of anilines is 1. The molecule has 6 heteroatoms. The van der Waals surface area contributed by atoms with E-state index in [4.69, 9.17) is 4.42 Å². The number of oxazole rings is 1. The van der Waals surface area contributed by atoms with Gasteiger partial charge in [0, 0.05) is 33.0 Å². The van der Waals surface area contributed by atoms with Gasteiger partial charge in [-0.2, -0.15) is 0 Å². The molecule has 0 saturated heterocycles. The highest BCUT2D eigenvalue weighted by Crippen LogP contribution is 2.26. The molecule has 0 N–H and O–H groups in total. The van der Waals surface area contributed by atoms with E-state index in [0.717, 1.165) is 30.2 Å². The Hall–Kier alpha value is -3.15. The summed E-state index contributed by atoms with van der Waals surface area (Å²) in [4.78, 5) is 26.2. The second kappa shape index (κ2) is 6.78. The Bertz CT molecular complexity index is 1030. The molecule has 0 saturated carbocycles. The largest absolute Gasteiger partial charge is 0.445 e. The molecule has 0 fully saturated rings. The Morgan fingerprint density at radius 3 is 2.79 bits per heavy atom. The standard InChI is InChI=1S/C22H22N4O2/c1-25-11-9-16-7-8-17(24-21(16)25)22(27)26-12-10-19-18(14-26)23-20(28-19)13-15-5-3-2-4-6-15/h2-8H,9-14H2,1H3. The van der Waals surface area contributed by atoms with Crippen LogP contribution in [0.4, 0.5) is 5.82 Å². The van der Waals surface area contributed by atoms with Crippen molar-refractivity contribution in [2.24, 2.45) is 0 Å². The van der Waals surface area contributed by atoms with Gasteiger partial charge in [-0.3, -0.25) is 4.79 Å². The van der Waals surface area contributed by atoms with Crippen LogP contribution in [0.1, 0.15) is 39.0 Å². The first-order valence-electron chi connectivity index (χ1n) is 9.69. The van der Waals surface area contributed by atoms with Crippen LogP contribution in [-0.4, -0.2) is 40.9 Å². The summed E-state index contributed by atoms with van der Waals surface area (Å²) in [6.07, 6.45) is 2.34. The molecule has 3 aromatic rings. The van der Waals surface area contributed by atoms with Crippen LogP contribution in [0.3, 0.4) is 0 Å². The number of likely N-dealkylation sites (N-methyl/N-ethyl adjacent to an activating group) is 1. The highest BCUT2D eigenvalue weighted by atomic mass is 16.4. The van der Waals surface area contributed by atoms with E-state index in [1.54, 1.807) is 0 Å². The number of rotatable bonds is 3. The molecule has 5 rings (SSSR count). The van der Waals surface area contributed by atoms with Gasteiger partial charge in [-0.05, 0) is 23.6 Å². The molecule has 1 aromatic carbocycles. The molecule has 4 heterocycles. The minimum atomic E-state index is -0.0404. The second-order valence-electron chi connectivity index (χ2n) is 7.47. The maximum absolute atomic E-state index is 13.0. The first-order chi connectivity index (χ1) is 13.7. The molecule has 6 nitrogen and oxygen atoms in total. The van der Waals surface area contributed by atoms with Crippen LogP contribution in [0.15, 0.2) is 46.9 Å². The molecule has 142 valence electrons. The van der Waals surface area contributed by atoms with Crippen LogP contribution in [0, 0.1) is 0 Å². The lowest BCUT2D eigenvalue weighted by atomic mass is 10.1. The SMILES string of the molecule is CN1CCc2ccc(C(=O)N3CCc4oc(Cc5ccccc5)nc4C3)nc21. The molecule has 0 spiro atoms. The predicted molar refractivity (Wildman–Crippen MR) is 105 cm³/mol. The highest BCUT2D eigenvalue weighted by molar-refractivity contribution is 5.93. The highest BCUT2D eigenvalue weighted by Gasteiger charge is 2.28. The lowest BCUT2D eigenvalue weighted by Crippen LogP contribution is -2.36. The summed E-state index contributed by atoms with van der Waals surface area (Å²) in [5, 5.41) is 0. The minimum Gasteiger partial charge on any atom is -0.445 e. The molecule has 28 heavy (non-hydrogen) atoms. The lowest BCUT2D eigenvalue weighted by Gasteiger charge is -2.25. The molecular weight excluding hydrogens is 352 g/mol. The van der Waals surface area contributed by atoms with Crippen molar-refractivity contribution in [1.82, 2.24) is 14.9 Å². The van der Waals surface area contributed by atoms with Crippen molar-refractivity contribution >= 4 is 11.7 Å². The number of carbonyl (C=O) groups excluding carboxylic acids is 1. The van der Waals surface area contributed by atoms with Gasteiger partial charge in [-0.15, -0.1) is 0 Å². The van der Waals surface area contributed by atoms with E-state index in [1.807, 2.05) is 42.3 Å². The van der Waals surface area contributed by atoms with Crippen molar-refractivity contribution in [3.05, 3.63) is 76.6 Å². The third-order valence-electron chi connectivity index (χ3n) is 5.51. The maximum atomic E-state index is 13.0. The van der Waals surface area contributed by atoms with Gasteiger partial charge in [-0.25, -0.2) is 9.97 Å². The summed E-state index contributed by atoms with van der Waals surface area (Å²) in [5.41, 5.74) is 3.75. The van der Waals surface area contributed by atoms with Crippen LogP contribution in [0.2, 0.25) is 0 Å². The van der Waals surface area contributed by atoms with Crippen LogP contribution in [0.25, 0.3) is 0 Å². The molecule has 0 unspecified atom stereocenters. The molecule has 0 atom stereocenters. The first kappa shape index (κ1) is 17.0. The maximum Gasteiger partial charge on any atom is 0.272 e. The van der Waals surface area contributed by atoms with E-state index in [9.17, 15) is 4.79 Å². The molecule has 0 aliphatic carbocycles. The van der Waals surface area contributed by atoms with Gasteiger partial charge < -0.3 is 14.2 Å². The van der Waals surface area contributed by atoms with E-state index in [0.29, 0.717) is 37.5 Å². The smallest absolute Gasteiger partial charge is 0.272 e. The van der Waals surface area contributed by atoms with Gasteiger partial charge in [0.15, 0.2) is 5.89 Å². The summed E-state index contributed by atoms with van der Waals surface area (Å²) in [6, 6.07) is 14.0. The van der Waals surface area contributed by atoms with Crippen LogP contribution >= 0.6 is 0 Å². The number of carbonyl (C=O) groups is 1. The number of fused-ring (bicyclic) bond motifs is 2. The average Bonchev–Trinajstić information content (AvgIpc) is 3.30. The zero-order valence-electron chi connectivity index (χ0n) is 15.9. The van der Waals surface area contributed by atoms with Gasteiger partial charge in [0.05, 0.1) is 6.54 Å². The van der Waals surface area contributed by atoms with Crippen LogP contribution in [0.5, 0.6) is 0 Å². The molecule has 0 bridgehead atoms. The third-order valence-corrected chi connectivity index (χ3v) is 5.51. The fourth-order valence-electron chi connectivity index (χ4n) is 3.95. The number of pyridine rings is 1. The molecule has 2 aliphatic heterocycles. The van der Waals surface area contributed by atoms with E-state index in [-0.39, 0.29) is 5.91 Å². The summed E-state index contributed by atoms with van der Waals surface area (Å²) < 4.78 is 5.95. The van der Waals surface area contributed by atoms with Gasteiger partial charge in [0.1, 0.15) is 23.0 Å². The van der Waals surface area contributed by atoms with Crippen molar-refractivity contribution in [2.45, 2.75) is 25.8 Å². The Labute approximate surface area is 163 Å². The van der Waals surface area contributed by atoms with Crippen molar-refractivity contribution in [2.75, 3.05) is 25.0 Å². The molecule has 2 aliphatic rings. The third kappa shape index (κ3) is 3.05. The molecule has 0 radical (unpaired) electrons. The fourth-order valence-corrected chi connectivity index (χ4v) is 3.95. The second-order valence-corrected chi connectivity index (χ2v) is 7.47. The van der Waals surface area contributed by atoms with Crippen molar-refractivity contribution in [1.29, 1.82) is 0 Å². The van der Waals surface area contributed by atoms with E-state index in [1.165, 1.54) is 11.1 Å². The number of hydrogen-bond donors (Lipinski definition) is 0. The van der Waals surface area contributed by atoms with Gasteiger partial charge in [-0.1, -0.05) is 36.4 Å². The number of hydrogen-bond acceptors (Lipinski definition) is 5. The fraction of sp³-hybridized carbons (Fsp3) is 0.318. The van der Waals surface area contributed by atoms with E-state index >= 15 is 0 Å². The normalized spacial score (nSPS) is 15.5. The summed E-state index contributed by atoms with van der Waals surface area (Å²) in [5.74, 6) is 2.50. The van der Waals surface area contributed by atoms with Crippen molar-refractivity contribution in [3.63, 3.8) is 0 Å². The molecule has 1 amide bonds. The number of nitrogens with zero attached hydrogens (tertiary/aromatic N) is 4. The lowest BCUT2D eigenvalue weighted by molar-refractivity contribution is 0.0722. The minimum absolute atomic E-state index is 0.0404. The first-order valence-corrected chi connectivity index (χ1v) is 9.69. The summed E-state index contributed by atoms with van der Waals surface area (Å²) in [6.45, 7) is 2.05. The van der Waals surface area contributed by atoms with E-state index < -0.39 is 0 Å². The van der Waals surface area contributed by atoms with Gasteiger partial charge >= 0.3 is 0 Å².